The first-order valence-electron chi connectivity index (χ1n) is 9.33. The molecule has 3 aromatic rings. The van der Waals surface area contributed by atoms with Crippen molar-refractivity contribution in [3.05, 3.63) is 63.7 Å². The van der Waals surface area contributed by atoms with Gasteiger partial charge in [-0.05, 0) is 43.7 Å². The minimum absolute atomic E-state index is 0.110. The summed E-state index contributed by atoms with van der Waals surface area (Å²) in [4.78, 5) is 30.2. The zero-order chi connectivity index (χ0) is 21.0. The summed E-state index contributed by atoms with van der Waals surface area (Å²) in [5, 5.41) is 3.33. The quantitative estimate of drug-likeness (QED) is 0.415. The second kappa shape index (κ2) is 9.41. The number of carbonyl (C=O) groups excluding carboxylic acids is 1. The Bertz CT molecular complexity index is 1100. The third-order valence-corrected chi connectivity index (χ3v) is 5.81. The molecule has 3 rings (SSSR count). The number of unbranched alkanes of at least 4 members (excludes halogenated alkanes) is 1. The van der Waals surface area contributed by atoms with E-state index in [0.717, 1.165) is 18.9 Å². The van der Waals surface area contributed by atoms with Crippen LogP contribution in [0, 0.1) is 5.82 Å². The maximum Gasteiger partial charge on any atom is 0.262 e. The number of fused-ring (bicyclic) bond motifs is 1. The van der Waals surface area contributed by atoms with Gasteiger partial charge in [-0.2, -0.15) is 0 Å². The third-order valence-electron chi connectivity index (χ3n) is 4.40. The number of hydrogen-bond donors (Lipinski definition) is 1. The minimum atomic E-state index is -0.544. The van der Waals surface area contributed by atoms with E-state index in [1.54, 1.807) is 23.6 Å². The van der Waals surface area contributed by atoms with Crippen LogP contribution in [0.4, 0.5) is 10.1 Å². The van der Waals surface area contributed by atoms with Gasteiger partial charge in [-0.3, -0.25) is 14.2 Å². The maximum absolute atomic E-state index is 13.2. The van der Waals surface area contributed by atoms with Crippen molar-refractivity contribution in [2.45, 2.75) is 43.6 Å². The highest BCUT2D eigenvalue weighted by atomic mass is 35.5. The van der Waals surface area contributed by atoms with E-state index >= 15 is 0 Å². The second-order valence-corrected chi connectivity index (χ2v) is 8.31. The van der Waals surface area contributed by atoms with Gasteiger partial charge in [-0.1, -0.05) is 48.8 Å². The van der Waals surface area contributed by atoms with Crippen LogP contribution in [-0.2, 0) is 11.3 Å². The molecule has 0 fully saturated rings. The van der Waals surface area contributed by atoms with Crippen LogP contribution in [0.3, 0.4) is 0 Å². The zero-order valence-electron chi connectivity index (χ0n) is 16.1. The molecule has 29 heavy (non-hydrogen) atoms. The number of amides is 1. The number of nitrogens with zero attached hydrogens (tertiary/aromatic N) is 2. The summed E-state index contributed by atoms with van der Waals surface area (Å²) >= 11 is 7.20. The summed E-state index contributed by atoms with van der Waals surface area (Å²) in [6, 6.07) is 11.0. The van der Waals surface area contributed by atoms with Crippen LogP contribution in [-0.4, -0.2) is 20.7 Å². The summed E-state index contributed by atoms with van der Waals surface area (Å²) in [5.74, 6) is -0.788. The number of nitrogens with one attached hydrogen (secondary N) is 1. The lowest BCUT2D eigenvalue weighted by molar-refractivity contribution is -0.115. The molecule has 1 atom stereocenters. The minimum Gasteiger partial charge on any atom is -0.324 e. The van der Waals surface area contributed by atoms with E-state index in [2.05, 4.69) is 17.2 Å². The van der Waals surface area contributed by atoms with Gasteiger partial charge in [0, 0.05) is 6.54 Å². The number of aromatic nitrogens is 2. The summed E-state index contributed by atoms with van der Waals surface area (Å²) in [5.41, 5.74) is 0.822. The first-order valence-corrected chi connectivity index (χ1v) is 10.6. The van der Waals surface area contributed by atoms with E-state index in [-0.39, 0.29) is 16.5 Å². The lowest BCUT2D eigenvalue weighted by Crippen LogP contribution is -2.27. The largest absolute Gasteiger partial charge is 0.324 e. The molecule has 0 aliphatic heterocycles. The normalized spacial score (nSPS) is 12.1. The Balaban J connectivity index is 1.87. The number of anilines is 1. The van der Waals surface area contributed by atoms with Gasteiger partial charge in [0.1, 0.15) is 5.82 Å². The van der Waals surface area contributed by atoms with Crippen molar-refractivity contribution in [2.24, 2.45) is 0 Å². The van der Waals surface area contributed by atoms with E-state index in [1.165, 1.54) is 23.9 Å². The summed E-state index contributed by atoms with van der Waals surface area (Å²) < 4.78 is 14.8. The van der Waals surface area contributed by atoms with Crippen LogP contribution in [0.2, 0.25) is 5.02 Å². The molecule has 8 heteroatoms. The van der Waals surface area contributed by atoms with Crippen LogP contribution in [0.15, 0.2) is 52.4 Å². The summed E-state index contributed by atoms with van der Waals surface area (Å²) in [6.45, 7) is 4.31. The van der Waals surface area contributed by atoms with Crippen molar-refractivity contribution in [3.63, 3.8) is 0 Å². The Morgan fingerprint density at radius 2 is 2.07 bits per heavy atom. The van der Waals surface area contributed by atoms with E-state index < -0.39 is 11.1 Å². The van der Waals surface area contributed by atoms with Crippen LogP contribution >= 0.6 is 23.4 Å². The number of para-hydroxylation sites is 1. The van der Waals surface area contributed by atoms with Crippen LogP contribution in [0.5, 0.6) is 0 Å². The molecule has 2 aromatic carbocycles. The predicted molar refractivity (Wildman–Crippen MR) is 116 cm³/mol. The van der Waals surface area contributed by atoms with Crippen molar-refractivity contribution < 1.29 is 9.18 Å². The van der Waals surface area contributed by atoms with E-state index in [0.29, 0.717) is 28.3 Å². The van der Waals surface area contributed by atoms with Gasteiger partial charge in [0.15, 0.2) is 5.16 Å². The number of rotatable bonds is 7. The molecule has 1 heterocycles. The van der Waals surface area contributed by atoms with Crippen LogP contribution in [0.25, 0.3) is 10.9 Å². The monoisotopic (exact) mass is 433 g/mol. The average molecular weight is 434 g/mol. The van der Waals surface area contributed by atoms with Gasteiger partial charge in [-0.15, -0.1) is 0 Å². The molecule has 0 bridgehead atoms. The average Bonchev–Trinajstić information content (AvgIpc) is 2.70. The highest BCUT2D eigenvalue weighted by Gasteiger charge is 2.20. The Kier molecular flexibility index (Phi) is 6.92. The molecule has 1 amide bonds. The first-order chi connectivity index (χ1) is 13.9. The molecular formula is C21H21ClFN3O2S. The van der Waals surface area contributed by atoms with Crippen LogP contribution < -0.4 is 10.9 Å². The van der Waals surface area contributed by atoms with Crippen molar-refractivity contribution >= 4 is 45.9 Å². The molecule has 1 unspecified atom stereocenters. The summed E-state index contributed by atoms with van der Waals surface area (Å²) in [6.07, 6.45) is 1.77. The number of carbonyl (C=O) groups is 1. The van der Waals surface area contributed by atoms with Gasteiger partial charge in [-0.25, -0.2) is 9.37 Å². The number of benzene rings is 2. The molecule has 0 saturated carbocycles. The van der Waals surface area contributed by atoms with Gasteiger partial charge in [0.2, 0.25) is 5.91 Å². The highest BCUT2D eigenvalue weighted by molar-refractivity contribution is 8.00. The molecule has 152 valence electrons. The predicted octanol–water partition coefficient (Wildman–Crippen LogP) is 5.11. The molecule has 0 spiro atoms. The van der Waals surface area contributed by atoms with Crippen molar-refractivity contribution in [1.82, 2.24) is 9.55 Å². The van der Waals surface area contributed by atoms with Crippen molar-refractivity contribution in [2.75, 3.05) is 5.32 Å². The van der Waals surface area contributed by atoms with Gasteiger partial charge in [0.25, 0.3) is 5.56 Å². The zero-order valence-corrected chi connectivity index (χ0v) is 17.7. The maximum atomic E-state index is 13.2. The molecule has 1 N–H and O–H groups in total. The SMILES string of the molecule is CCCCn1c(SC(C)C(=O)Nc2ccc(F)cc2Cl)nc2ccccc2c1=O. The Morgan fingerprint density at radius 1 is 1.31 bits per heavy atom. The second-order valence-electron chi connectivity index (χ2n) is 6.60. The Labute approximate surface area is 177 Å². The fourth-order valence-corrected chi connectivity index (χ4v) is 3.94. The topological polar surface area (TPSA) is 64.0 Å². The molecule has 0 saturated heterocycles. The van der Waals surface area contributed by atoms with Gasteiger partial charge in [0.05, 0.1) is 26.9 Å². The molecule has 5 nitrogen and oxygen atoms in total. The smallest absolute Gasteiger partial charge is 0.262 e. The number of thioether (sulfide) groups is 1. The van der Waals surface area contributed by atoms with Crippen molar-refractivity contribution in [3.8, 4) is 0 Å². The Hall–Kier alpha value is -2.38. The highest BCUT2D eigenvalue weighted by Crippen LogP contribution is 2.26. The van der Waals surface area contributed by atoms with Gasteiger partial charge >= 0.3 is 0 Å². The first kappa shape index (κ1) is 21.3. The molecule has 0 aliphatic rings. The summed E-state index contributed by atoms with van der Waals surface area (Å²) in [7, 11) is 0. The third kappa shape index (κ3) is 4.97. The fraction of sp³-hybridized carbons (Fsp3) is 0.286. The lowest BCUT2D eigenvalue weighted by Gasteiger charge is -2.16. The lowest BCUT2D eigenvalue weighted by atomic mass is 10.2. The fourth-order valence-electron chi connectivity index (χ4n) is 2.79. The molecule has 0 radical (unpaired) electrons. The van der Waals surface area contributed by atoms with E-state index in [4.69, 9.17) is 11.6 Å². The number of halogens is 2. The standard InChI is InChI=1S/C21H21ClFN3O2S/c1-3-4-11-26-20(28)15-7-5-6-8-17(15)25-21(26)29-13(2)19(27)24-18-10-9-14(23)12-16(18)22/h5-10,12-13H,3-4,11H2,1-2H3,(H,24,27). The molecular weight excluding hydrogens is 413 g/mol. The number of hydrogen-bond acceptors (Lipinski definition) is 4. The molecule has 0 aliphatic carbocycles. The Morgan fingerprint density at radius 3 is 2.79 bits per heavy atom. The van der Waals surface area contributed by atoms with E-state index in [1.807, 2.05) is 12.1 Å². The van der Waals surface area contributed by atoms with Crippen molar-refractivity contribution in [1.29, 1.82) is 0 Å². The van der Waals surface area contributed by atoms with Gasteiger partial charge < -0.3 is 5.32 Å². The van der Waals surface area contributed by atoms with Crippen LogP contribution in [0.1, 0.15) is 26.7 Å². The van der Waals surface area contributed by atoms with E-state index in [9.17, 15) is 14.0 Å². The molecule has 1 aromatic heterocycles.